The lowest BCUT2D eigenvalue weighted by Crippen LogP contribution is -2.07. The topological polar surface area (TPSA) is 17.1 Å². The van der Waals surface area contributed by atoms with Gasteiger partial charge in [-0.25, -0.2) is 0 Å². The van der Waals surface area contributed by atoms with Crippen molar-refractivity contribution in [2.45, 2.75) is 25.7 Å². The monoisotopic (exact) mass is 266 g/mol. The van der Waals surface area contributed by atoms with Crippen LogP contribution in [-0.4, -0.2) is 0 Å². The highest BCUT2D eigenvalue weighted by molar-refractivity contribution is 7.24. The fourth-order valence-corrected chi connectivity index (χ4v) is 4.35. The molecular formula is C17H14OS. The molecule has 1 aliphatic rings. The zero-order chi connectivity index (χ0) is 12.8. The Balaban J connectivity index is 2.21. The molecule has 3 aromatic rings. The van der Waals surface area contributed by atoms with Crippen molar-refractivity contribution in [3.05, 3.63) is 57.7 Å². The van der Waals surface area contributed by atoms with E-state index in [2.05, 4.69) is 12.1 Å². The molecule has 1 aromatic heterocycles. The molecule has 0 spiro atoms. The van der Waals surface area contributed by atoms with Gasteiger partial charge in [0.15, 0.2) is 5.43 Å². The summed E-state index contributed by atoms with van der Waals surface area (Å²) in [5.41, 5.74) is 3.07. The van der Waals surface area contributed by atoms with E-state index in [4.69, 9.17) is 0 Å². The van der Waals surface area contributed by atoms with Gasteiger partial charge in [-0.1, -0.05) is 18.2 Å². The summed E-state index contributed by atoms with van der Waals surface area (Å²) in [5.74, 6) is 0. The number of fused-ring (bicyclic) bond motifs is 4. The summed E-state index contributed by atoms with van der Waals surface area (Å²) in [6.07, 6.45) is 4.82. The Morgan fingerprint density at radius 1 is 0.895 bits per heavy atom. The van der Waals surface area contributed by atoms with Gasteiger partial charge in [-0.3, -0.25) is 4.79 Å². The highest BCUT2D eigenvalue weighted by Gasteiger charge is 2.15. The van der Waals surface area contributed by atoms with E-state index in [1.807, 2.05) is 24.3 Å². The van der Waals surface area contributed by atoms with E-state index in [1.165, 1.54) is 35.1 Å². The molecule has 4 rings (SSSR count). The molecule has 0 fully saturated rings. The van der Waals surface area contributed by atoms with Crippen LogP contribution in [0.2, 0.25) is 0 Å². The molecule has 0 radical (unpaired) electrons. The van der Waals surface area contributed by atoms with Gasteiger partial charge < -0.3 is 0 Å². The normalized spacial score (nSPS) is 14.7. The second kappa shape index (κ2) is 4.17. The number of rotatable bonds is 0. The number of aryl methyl sites for hydroxylation is 2. The van der Waals surface area contributed by atoms with Gasteiger partial charge in [0.2, 0.25) is 0 Å². The Hall–Kier alpha value is -1.67. The summed E-state index contributed by atoms with van der Waals surface area (Å²) in [5, 5.41) is 1.76. The van der Waals surface area contributed by atoms with E-state index in [1.54, 1.807) is 11.3 Å². The second-order valence-corrected chi connectivity index (χ2v) is 6.27. The van der Waals surface area contributed by atoms with Gasteiger partial charge >= 0.3 is 0 Å². The van der Waals surface area contributed by atoms with E-state index < -0.39 is 0 Å². The molecule has 1 aliphatic carbocycles. The average Bonchev–Trinajstić information content (AvgIpc) is 2.47. The smallest absolute Gasteiger partial charge is 0.195 e. The molecule has 1 heterocycles. The molecule has 2 aromatic carbocycles. The van der Waals surface area contributed by atoms with Crippen molar-refractivity contribution in [1.82, 2.24) is 0 Å². The Bertz CT molecular complexity index is 845. The van der Waals surface area contributed by atoms with Crippen molar-refractivity contribution in [3.8, 4) is 0 Å². The highest BCUT2D eigenvalue weighted by Crippen LogP contribution is 2.33. The average molecular weight is 266 g/mol. The Morgan fingerprint density at radius 3 is 2.68 bits per heavy atom. The van der Waals surface area contributed by atoms with E-state index in [0.29, 0.717) is 0 Å². The van der Waals surface area contributed by atoms with Crippen molar-refractivity contribution in [1.29, 1.82) is 0 Å². The minimum Gasteiger partial charge on any atom is -0.289 e. The maximum Gasteiger partial charge on any atom is 0.195 e. The lowest BCUT2D eigenvalue weighted by molar-refractivity contribution is 0.690. The molecular weight excluding hydrogens is 252 g/mol. The number of hydrogen-bond acceptors (Lipinski definition) is 2. The fourth-order valence-electron chi connectivity index (χ4n) is 3.09. The van der Waals surface area contributed by atoms with Crippen LogP contribution in [0.3, 0.4) is 0 Å². The predicted octanol–water partition coefficient (Wildman–Crippen LogP) is 4.29. The zero-order valence-corrected chi connectivity index (χ0v) is 11.4. The van der Waals surface area contributed by atoms with E-state index >= 15 is 0 Å². The van der Waals surface area contributed by atoms with Gasteiger partial charge in [0, 0.05) is 20.2 Å². The standard InChI is InChI=1S/C17H14OS/c18-16-13-7-3-4-8-15(13)19-17-12-6-2-1-5-11(12)9-10-14(16)17/h3-4,7-10H,1-2,5-6H2. The van der Waals surface area contributed by atoms with E-state index in [9.17, 15) is 4.79 Å². The van der Waals surface area contributed by atoms with Crippen molar-refractivity contribution in [2.75, 3.05) is 0 Å². The molecule has 19 heavy (non-hydrogen) atoms. The van der Waals surface area contributed by atoms with E-state index in [0.717, 1.165) is 21.9 Å². The van der Waals surface area contributed by atoms with Gasteiger partial charge in [-0.2, -0.15) is 0 Å². The molecule has 0 saturated heterocycles. The van der Waals surface area contributed by atoms with Gasteiger partial charge in [-0.05, 0) is 55.0 Å². The van der Waals surface area contributed by atoms with Crippen LogP contribution >= 0.6 is 11.3 Å². The van der Waals surface area contributed by atoms with Gasteiger partial charge in [0.05, 0.1) is 0 Å². The molecule has 0 unspecified atom stereocenters. The lowest BCUT2D eigenvalue weighted by Gasteiger charge is -2.17. The van der Waals surface area contributed by atoms with E-state index in [-0.39, 0.29) is 5.43 Å². The van der Waals surface area contributed by atoms with Crippen LogP contribution < -0.4 is 5.43 Å². The zero-order valence-electron chi connectivity index (χ0n) is 10.6. The summed E-state index contributed by atoms with van der Waals surface area (Å²) in [4.78, 5) is 12.6. The first-order valence-electron chi connectivity index (χ1n) is 6.81. The van der Waals surface area contributed by atoms with Gasteiger partial charge in [0.1, 0.15) is 0 Å². The third kappa shape index (κ3) is 1.63. The first-order valence-corrected chi connectivity index (χ1v) is 7.62. The molecule has 1 nitrogen and oxygen atoms in total. The van der Waals surface area contributed by atoms with Crippen molar-refractivity contribution in [2.24, 2.45) is 0 Å². The lowest BCUT2D eigenvalue weighted by atomic mass is 9.91. The van der Waals surface area contributed by atoms with Crippen LogP contribution in [-0.2, 0) is 12.8 Å². The third-order valence-corrected chi connectivity index (χ3v) is 5.32. The molecule has 0 aliphatic heterocycles. The summed E-state index contributed by atoms with van der Waals surface area (Å²) < 4.78 is 2.33. The summed E-state index contributed by atoms with van der Waals surface area (Å²) >= 11 is 1.78. The minimum absolute atomic E-state index is 0.192. The van der Waals surface area contributed by atoms with Gasteiger partial charge in [0.25, 0.3) is 0 Å². The molecule has 0 amide bonds. The summed E-state index contributed by atoms with van der Waals surface area (Å²) in [6, 6.07) is 12.2. The highest BCUT2D eigenvalue weighted by atomic mass is 32.1. The first kappa shape index (κ1) is 11.2. The second-order valence-electron chi connectivity index (χ2n) is 5.21. The largest absolute Gasteiger partial charge is 0.289 e. The quantitative estimate of drug-likeness (QED) is 0.555. The SMILES string of the molecule is O=c1c2ccccc2sc2c3c(ccc12)CCCC3. The molecule has 0 atom stereocenters. The molecule has 0 N–H and O–H groups in total. The summed E-state index contributed by atoms with van der Waals surface area (Å²) in [6.45, 7) is 0. The maximum atomic E-state index is 12.6. The summed E-state index contributed by atoms with van der Waals surface area (Å²) in [7, 11) is 0. The van der Waals surface area contributed by atoms with Crippen molar-refractivity contribution < 1.29 is 0 Å². The maximum absolute atomic E-state index is 12.6. The van der Waals surface area contributed by atoms with Crippen LogP contribution in [0.1, 0.15) is 24.0 Å². The molecule has 0 saturated carbocycles. The van der Waals surface area contributed by atoms with Crippen LogP contribution in [0.4, 0.5) is 0 Å². The van der Waals surface area contributed by atoms with Crippen LogP contribution in [0.15, 0.2) is 41.2 Å². The van der Waals surface area contributed by atoms with Crippen LogP contribution in [0.5, 0.6) is 0 Å². The minimum atomic E-state index is 0.192. The Labute approximate surface area is 115 Å². The van der Waals surface area contributed by atoms with Gasteiger partial charge in [-0.15, -0.1) is 11.3 Å². The Morgan fingerprint density at radius 2 is 1.74 bits per heavy atom. The predicted molar refractivity (Wildman–Crippen MR) is 82.2 cm³/mol. The molecule has 94 valence electrons. The van der Waals surface area contributed by atoms with Crippen molar-refractivity contribution >= 4 is 31.5 Å². The van der Waals surface area contributed by atoms with Crippen LogP contribution in [0, 0.1) is 0 Å². The number of hydrogen-bond donors (Lipinski definition) is 0. The third-order valence-electron chi connectivity index (χ3n) is 4.07. The van der Waals surface area contributed by atoms with Crippen molar-refractivity contribution in [3.63, 3.8) is 0 Å². The molecule has 0 bridgehead atoms. The number of benzene rings is 2. The fraction of sp³-hybridized carbons (Fsp3) is 0.235. The van der Waals surface area contributed by atoms with Crippen LogP contribution in [0.25, 0.3) is 20.2 Å². The Kier molecular flexibility index (Phi) is 2.46. The molecule has 2 heteroatoms. The first-order chi connectivity index (χ1) is 9.34.